The first-order chi connectivity index (χ1) is 10.9. The van der Waals surface area contributed by atoms with Crippen LogP contribution in [0.5, 0.6) is 0 Å². The van der Waals surface area contributed by atoms with Crippen molar-refractivity contribution in [2.24, 2.45) is 5.73 Å². The van der Waals surface area contributed by atoms with Crippen molar-refractivity contribution in [2.75, 3.05) is 5.73 Å². The second kappa shape index (κ2) is 6.89. The van der Waals surface area contributed by atoms with E-state index in [1.165, 1.54) is 12.4 Å². The molecule has 0 aliphatic carbocycles. The number of hydrogen-bond acceptors (Lipinski definition) is 5. The van der Waals surface area contributed by atoms with Crippen molar-refractivity contribution in [3.63, 3.8) is 0 Å². The van der Waals surface area contributed by atoms with Crippen molar-refractivity contribution in [3.05, 3.63) is 59.4 Å². The normalized spacial score (nSPS) is 13.3. The van der Waals surface area contributed by atoms with Crippen LogP contribution in [0.2, 0.25) is 0 Å². The Bertz CT molecular complexity index is 716. The number of rotatable bonds is 6. The van der Waals surface area contributed by atoms with E-state index in [1.54, 1.807) is 30.3 Å². The molecule has 2 aromatic rings. The molecule has 0 saturated carbocycles. The number of anilines is 1. The summed E-state index contributed by atoms with van der Waals surface area (Å²) in [6, 6.07) is 6.96. The van der Waals surface area contributed by atoms with Crippen molar-refractivity contribution >= 4 is 17.6 Å². The monoisotopic (exact) mass is 315 g/mol. The molecular formula is C16H17N3O4. The Hall–Kier alpha value is -2.93. The van der Waals surface area contributed by atoms with E-state index in [9.17, 15) is 14.7 Å². The number of pyridine rings is 1. The number of nitrogens with two attached hydrogens (primary N) is 2. The zero-order valence-electron chi connectivity index (χ0n) is 12.2. The van der Waals surface area contributed by atoms with Gasteiger partial charge in [0.1, 0.15) is 12.0 Å². The van der Waals surface area contributed by atoms with Crippen LogP contribution in [-0.4, -0.2) is 33.2 Å². The van der Waals surface area contributed by atoms with Gasteiger partial charge >= 0.3 is 11.9 Å². The van der Waals surface area contributed by atoms with E-state index < -0.39 is 23.9 Å². The summed E-state index contributed by atoms with van der Waals surface area (Å²) in [7, 11) is 0. The Morgan fingerprint density at radius 3 is 2.30 bits per heavy atom. The second-order valence-corrected chi connectivity index (χ2v) is 5.16. The molecular weight excluding hydrogens is 298 g/mol. The highest BCUT2D eigenvalue weighted by Crippen LogP contribution is 2.28. The van der Waals surface area contributed by atoms with Crippen LogP contribution in [0.25, 0.3) is 0 Å². The quantitative estimate of drug-likeness (QED) is 0.579. The molecule has 120 valence electrons. The Labute approximate surface area is 132 Å². The predicted molar refractivity (Wildman–Crippen MR) is 83.9 cm³/mol. The average molecular weight is 315 g/mol. The number of nitrogen functional groups attached to an aromatic ring is 1. The summed E-state index contributed by atoms with van der Waals surface area (Å²) in [6.45, 7) is 0. The van der Waals surface area contributed by atoms with Crippen LogP contribution in [0.3, 0.4) is 0 Å². The predicted octanol–water partition coefficient (Wildman–Crippen LogP) is 0.835. The van der Waals surface area contributed by atoms with Gasteiger partial charge in [0.25, 0.3) is 0 Å². The van der Waals surface area contributed by atoms with Crippen LogP contribution in [0.1, 0.15) is 22.6 Å². The first-order valence-corrected chi connectivity index (χ1v) is 6.89. The van der Waals surface area contributed by atoms with Gasteiger partial charge in [-0.25, -0.2) is 0 Å². The molecule has 7 heteroatoms. The van der Waals surface area contributed by atoms with Crippen molar-refractivity contribution in [2.45, 2.75) is 18.4 Å². The third kappa shape index (κ3) is 3.83. The number of carbonyl (C=O) groups is 2. The van der Waals surface area contributed by atoms with Crippen LogP contribution in [-0.2, 0) is 16.0 Å². The molecule has 0 saturated heterocycles. The molecule has 7 nitrogen and oxygen atoms in total. The molecule has 1 aromatic heterocycles. The van der Waals surface area contributed by atoms with Crippen LogP contribution in [0.4, 0.5) is 5.69 Å². The maximum absolute atomic E-state index is 11.8. The summed E-state index contributed by atoms with van der Waals surface area (Å²) in [6.07, 6.45) is 2.93. The molecule has 1 heterocycles. The minimum absolute atomic E-state index is 0.0198. The number of hydrogen-bond donors (Lipinski definition) is 4. The van der Waals surface area contributed by atoms with E-state index in [4.69, 9.17) is 16.6 Å². The lowest BCUT2D eigenvalue weighted by molar-refractivity contribution is -0.138. The molecule has 1 aromatic carbocycles. The molecule has 0 amide bonds. The van der Waals surface area contributed by atoms with Gasteiger partial charge in [0.2, 0.25) is 0 Å². The van der Waals surface area contributed by atoms with E-state index in [2.05, 4.69) is 4.98 Å². The molecule has 0 spiro atoms. The van der Waals surface area contributed by atoms with E-state index >= 15 is 0 Å². The fourth-order valence-electron chi connectivity index (χ4n) is 2.35. The van der Waals surface area contributed by atoms with E-state index in [1.807, 2.05) is 0 Å². The van der Waals surface area contributed by atoms with Crippen molar-refractivity contribution < 1.29 is 19.8 Å². The first kappa shape index (κ1) is 16.4. The summed E-state index contributed by atoms with van der Waals surface area (Å²) in [4.78, 5) is 26.7. The summed E-state index contributed by atoms with van der Waals surface area (Å²) in [5, 5.41) is 18.6. The highest BCUT2D eigenvalue weighted by molar-refractivity contribution is 5.81. The highest BCUT2D eigenvalue weighted by atomic mass is 16.4. The van der Waals surface area contributed by atoms with Crippen molar-refractivity contribution in [1.29, 1.82) is 0 Å². The Morgan fingerprint density at radius 2 is 1.74 bits per heavy atom. The van der Waals surface area contributed by atoms with Gasteiger partial charge in [-0.3, -0.25) is 14.6 Å². The third-order valence-corrected chi connectivity index (χ3v) is 3.53. The molecule has 2 rings (SSSR count). The number of nitrogens with zero attached hydrogens (tertiary/aromatic N) is 1. The minimum Gasteiger partial charge on any atom is -0.481 e. The topological polar surface area (TPSA) is 140 Å². The number of benzene rings is 1. The number of carboxylic acid groups (broad SMARTS) is 2. The van der Waals surface area contributed by atoms with Gasteiger partial charge in [0.15, 0.2) is 0 Å². The fraction of sp³-hybridized carbons (Fsp3) is 0.188. The standard InChI is InChI=1S/C16H17N3O4/c17-11-3-1-9(2-4-11)14(16(22)23)12-8-19-6-5-10(12)7-13(18)15(20)21/h1-6,8,13-14H,7,17-18H2,(H,20,21)(H,22,23). The molecule has 2 atom stereocenters. The molecule has 0 fully saturated rings. The van der Waals surface area contributed by atoms with E-state index in [0.717, 1.165) is 0 Å². The van der Waals surface area contributed by atoms with Gasteiger partial charge in [-0.2, -0.15) is 0 Å². The summed E-state index contributed by atoms with van der Waals surface area (Å²) < 4.78 is 0. The fourth-order valence-corrected chi connectivity index (χ4v) is 2.35. The number of carboxylic acids is 2. The van der Waals surface area contributed by atoms with Gasteiger partial charge in [0, 0.05) is 18.1 Å². The van der Waals surface area contributed by atoms with Crippen LogP contribution in [0, 0.1) is 0 Å². The van der Waals surface area contributed by atoms with Crippen LogP contribution < -0.4 is 11.5 Å². The SMILES string of the molecule is Nc1ccc(C(C(=O)O)c2cnccc2CC(N)C(=O)O)cc1. The molecule has 0 bridgehead atoms. The molecule has 2 unspecified atom stereocenters. The largest absolute Gasteiger partial charge is 0.481 e. The maximum atomic E-state index is 11.8. The molecule has 0 aliphatic rings. The van der Waals surface area contributed by atoms with Gasteiger partial charge in [-0.1, -0.05) is 12.1 Å². The van der Waals surface area contributed by atoms with Gasteiger partial charge < -0.3 is 21.7 Å². The lowest BCUT2D eigenvalue weighted by Crippen LogP contribution is -2.33. The Balaban J connectivity index is 2.46. The third-order valence-electron chi connectivity index (χ3n) is 3.53. The lowest BCUT2D eigenvalue weighted by Gasteiger charge is -2.18. The summed E-state index contributed by atoms with van der Waals surface area (Å²) in [5.41, 5.74) is 13.2. The second-order valence-electron chi connectivity index (χ2n) is 5.16. The first-order valence-electron chi connectivity index (χ1n) is 6.89. The average Bonchev–Trinajstić information content (AvgIpc) is 2.50. The Kier molecular flexibility index (Phi) is 4.92. The zero-order valence-corrected chi connectivity index (χ0v) is 12.2. The highest BCUT2D eigenvalue weighted by Gasteiger charge is 2.26. The molecule has 6 N–H and O–H groups in total. The number of aliphatic carboxylic acids is 2. The molecule has 0 radical (unpaired) electrons. The van der Waals surface area contributed by atoms with Crippen LogP contribution in [0.15, 0.2) is 42.7 Å². The molecule has 23 heavy (non-hydrogen) atoms. The van der Waals surface area contributed by atoms with Gasteiger partial charge in [-0.05, 0) is 41.3 Å². The summed E-state index contributed by atoms with van der Waals surface area (Å²) in [5.74, 6) is -3.18. The van der Waals surface area contributed by atoms with Crippen molar-refractivity contribution in [1.82, 2.24) is 4.98 Å². The Morgan fingerprint density at radius 1 is 1.09 bits per heavy atom. The van der Waals surface area contributed by atoms with Crippen LogP contribution >= 0.6 is 0 Å². The van der Waals surface area contributed by atoms with Gasteiger partial charge in [0.05, 0.1) is 0 Å². The van der Waals surface area contributed by atoms with E-state index in [-0.39, 0.29) is 6.42 Å². The van der Waals surface area contributed by atoms with E-state index in [0.29, 0.717) is 22.4 Å². The van der Waals surface area contributed by atoms with Gasteiger partial charge in [-0.15, -0.1) is 0 Å². The summed E-state index contributed by atoms with van der Waals surface area (Å²) >= 11 is 0. The lowest BCUT2D eigenvalue weighted by atomic mass is 9.87. The number of aromatic nitrogens is 1. The minimum atomic E-state index is -1.15. The smallest absolute Gasteiger partial charge is 0.320 e. The van der Waals surface area contributed by atoms with Crippen molar-refractivity contribution in [3.8, 4) is 0 Å². The maximum Gasteiger partial charge on any atom is 0.320 e. The molecule has 0 aliphatic heterocycles. The zero-order chi connectivity index (χ0) is 17.0.